The van der Waals surface area contributed by atoms with E-state index in [1.165, 1.54) is 4.88 Å². The van der Waals surface area contributed by atoms with E-state index in [9.17, 15) is 0 Å². The molecular weight excluding hydrogens is 240 g/mol. The zero-order chi connectivity index (χ0) is 11.5. The Morgan fingerprint density at radius 1 is 1.38 bits per heavy atom. The molecule has 84 valence electrons. The Bertz CT molecular complexity index is 494. The minimum atomic E-state index is 0.797. The van der Waals surface area contributed by atoms with E-state index in [0.717, 1.165) is 28.5 Å². The average molecular weight is 253 g/mol. The van der Waals surface area contributed by atoms with Gasteiger partial charge in [0.05, 0.1) is 17.7 Å². The van der Waals surface area contributed by atoms with Crippen LogP contribution >= 0.6 is 22.9 Å². The fraction of sp³-hybridized carbons (Fsp3) is 0.250. The molecule has 16 heavy (non-hydrogen) atoms. The number of hydrogen-bond acceptors (Lipinski definition) is 3. The summed E-state index contributed by atoms with van der Waals surface area (Å²) in [5.41, 5.74) is 5.11. The first-order valence-electron chi connectivity index (χ1n) is 5.06. The minimum Gasteiger partial charge on any atom is -0.380 e. The monoisotopic (exact) mass is 252 g/mol. The molecule has 0 spiro atoms. The van der Waals surface area contributed by atoms with E-state index in [-0.39, 0.29) is 0 Å². The number of nitrogens with one attached hydrogen (secondary N) is 1. The van der Waals surface area contributed by atoms with Gasteiger partial charge in [0.25, 0.3) is 0 Å². The molecule has 1 aromatic heterocycles. The van der Waals surface area contributed by atoms with Gasteiger partial charge >= 0.3 is 0 Å². The first kappa shape index (κ1) is 11.4. The van der Waals surface area contributed by atoms with Crippen molar-refractivity contribution >= 4 is 28.6 Å². The summed E-state index contributed by atoms with van der Waals surface area (Å²) in [6.07, 6.45) is 0. The largest absolute Gasteiger partial charge is 0.380 e. The first-order valence-corrected chi connectivity index (χ1v) is 6.31. The fourth-order valence-corrected chi connectivity index (χ4v) is 2.28. The summed E-state index contributed by atoms with van der Waals surface area (Å²) >= 11 is 7.73. The second kappa shape index (κ2) is 4.85. The van der Waals surface area contributed by atoms with Crippen molar-refractivity contribution in [1.29, 1.82) is 0 Å². The molecule has 2 aromatic rings. The summed E-state index contributed by atoms with van der Waals surface area (Å²) in [5, 5.41) is 4.14. The van der Waals surface area contributed by atoms with Crippen LogP contribution in [0.5, 0.6) is 0 Å². The Hall–Kier alpha value is -1.06. The van der Waals surface area contributed by atoms with E-state index >= 15 is 0 Å². The summed E-state index contributed by atoms with van der Waals surface area (Å²) < 4.78 is 0. The number of anilines is 1. The summed E-state index contributed by atoms with van der Waals surface area (Å²) in [4.78, 5) is 5.47. The lowest BCUT2D eigenvalue weighted by Crippen LogP contribution is -1.99. The Morgan fingerprint density at radius 2 is 2.19 bits per heavy atom. The zero-order valence-corrected chi connectivity index (χ0v) is 10.8. The van der Waals surface area contributed by atoms with E-state index in [1.54, 1.807) is 11.3 Å². The lowest BCUT2D eigenvalue weighted by molar-refractivity contribution is 1.12. The smallest absolute Gasteiger partial charge is 0.0798 e. The molecule has 0 aliphatic rings. The van der Waals surface area contributed by atoms with Gasteiger partial charge in [-0.25, -0.2) is 4.98 Å². The van der Waals surface area contributed by atoms with Gasteiger partial charge in [0.1, 0.15) is 0 Å². The summed E-state index contributed by atoms with van der Waals surface area (Å²) in [6, 6.07) is 6.01. The average Bonchev–Trinajstić information content (AvgIpc) is 2.66. The molecule has 0 unspecified atom stereocenters. The van der Waals surface area contributed by atoms with Gasteiger partial charge in [0.2, 0.25) is 0 Å². The van der Waals surface area contributed by atoms with Crippen molar-refractivity contribution in [3.8, 4) is 0 Å². The molecule has 0 fully saturated rings. The van der Waals surface area contributed by atoms with Crippen LogP contribution in [-0.4, -0.2) is 4.98 Å². The molecule has 0 saturated heterocycles. The highest BCUT2D eigenvalue weighted by Gasteiger charge is 2.02. The molecular formula is C12H13ClN2S. The SMILES string of the molecule is Cc1ccc(NCc2scnc2C)cc1Cl. The van der Waals surface area contributed by atoms with Crippen molar-refractivity contribution in [2.45, 2.75) is 20.4 Å². The van der Waals surface area contributed by atoms with Crippen molar-refractivity contribution in [1.82, 2.24) is 4.98 Å². The number of nitrogens with zero attached hydrogens (tertiary/aromatic N) is 1. The predicted molar refractivity (Wildman–Crippen MR) is 70.4 cm³/mol. The molecule has 2 rings (SSSR count). The van der Waals surface area contributed by atoms with Crippen LogP contribution < -0.4 is 5.32 Å². The lowest BCUT2D eigenvalue weighted by atomic mass is 10.2. The number of benzene rings is 1. The van der Waals surface area contributed by atoms with Gasteiger partial charge < -0.3 is 5.32 Å². The molecule has 0 radical (unpaired) electrons. The van der Waals surface area contributed by atoms with Gasteiger partial charge in [-0.05, 0) is 31.5 Å². The van der Waals surface area contributed by atoms with Crippen molar-refractivity contribution in [2.24, 2.45) is 0 Å². The van der Waals surface area contributed by atoms with Crippen LogP contribution in [0.4, 0.5) is 5.69 Å². The maximum Gasteiger partial charge on any atom is 0.0798 e. The van der Waals surface area contributed by atoms with Gasteiger partial charge in [0.15, 0.2) is 0 Å². The standard InChI is InChI=1S/C12H13ClN2S/c1-8-3-4-10(5-11(8)13)14-6-12-9(2)15-7-16-12/h3-5,7,14H,6H2,1-2H3. The maximum absolute atomic E-state index is 6.06. The molecule has 0 amide bonds. The van der Waals surface area contributed by atoms with E-state index < -0.39 is 0 Å². The Kier molecular flexibility index (Phi) is 3.46. The predicted octanol–water partition coefficient (Wildman–Crippen LogP) is 4.03. The second-order valence-corrected chi connectivity index (χ2v) is 5.02. The number of aryl methyl sites for hydroxylation is 2. The number of aromatic nitrogens is 1. The van der Waals surface area contributed by atoms with Crippen molar-refractivity contribution in [2.75, 3.05) is 5.32 Å². The number of thiazole rings is 1. The third-order valence-corrected chi connectivity index (χ3v) is 3.81. The molecule has 0 atom stereocenters. The van der Waals surface area contributed by atoms with Gasteiger partial charge in [-0.15, -0.1) is 11.3 Å². The van der Waals surface area contributed by atoms with Crippen molar-refractivity contribution in [3.63, 3.8) is 0 Å². The minimum absolute atomic E-state index is 0.797. The quantitative estimate of drug-likeness (QED) is 0.892. The van der Waals surface area contributed by atoms with E-state index in [0.29, 0.717) is 0 Å². The van der Waals surface area contributed by atoms with Crippen LogP contribution in [0.3, 0.4) is 0 Å². The molecule has 0 aliphatic heterocycles. The van der Waals surface area contributed by atoms with Crippen LogP contribution in [-0.2, 0) is 6.54 Å². The number of hydrogen-bond donors (Lipinski definition) is 1. The Morgan fingerprint density at radius 3 is 2.81 bits per heavy atom. The van der Waals surface area contributed by atoms with Crippen LogP contribution in [0.25, 0.3) is 0 Å². The van der Waals surface area contributed by atoms with E-state index in [2.05, 4.69) is 10.3 Å². The topological polar surface area (TPSA) is 24.9 Å². The van der Waals surface area contributed by atoms with E-state index in [1.807, 2.05) is 37.6 Å². The van der Waals surface area contributed by atoms with Gasteiger partial charge in [-0.3, -0.25) is 0 Å². The highest BCUT2D eigenvalue weighted by Crippen LogP contribution is 2.21. The van der Waals surface area contributed by atoms with Crippen LogP contribution in [0.1, 0.15) is 16.1 Å². The molecule has 0 bridgehead atoms. The lowest BCUT2D eigenvalue weighted by Gasteiger charge is -2.07. The van der Waals surface area contributed by atoms with Gasteiger partial charge in [-0.2, -0.15) is 0 Å². The van der Waals surface area contributed by atoms with Crippen LogP contribution in [0.2, 0.25) is 5.02 Å². The maximum atomic E-state index is 6.06. The highest BCUT2D eigenvalue weighted by atomic mass is 35.5. The first-order chi connectivity index (χ1) is 7.66. The molecule has 4 heteroatoms. The summed E-state index contributed by atoms with van der Waals surface area (Å²) in [6.45, 7) is 4.82. The van der Waals surface area contributed by atoms with Crippen LogP contribution in [0.15, 0.2) is 23.7 Å². The third kappa shape index (κ3) is 2.54. The van der Waals surface area contributed by atoms with E-state index in [4.69, 9.17) is 11.6 Å². The molecule has 2 nitrogen and oxygen atoms in total. The number of rotatable bonds is 3. The van der Waals surface area contributed by atoms with Crippen molar-refractivity contribution in [3.05, 3.63) is 44.9 Å². The summed E-state index contributed by atoms with van der Waals surface area (Å²) in [5.74, 6) is 0. The molecule has 0 saturated carbocycles. The molecule has 0 aliphatic carbocycles. The molecule has 1 heterocycles. The van der Waals surface area contributed by atoms with Crippen molar-refractivity contribution < 1.29 is 0 Å². The van der Waals surface area contributed by atoms with Crippen LogP contribution in [0, 0.1) is 13.8 Å². The zero-order valence-electron chi connectivity index (χ0n) is 9.25. The highest BCUT2D eigenvalue weighted by molar-refractivity contribution is 7.09. The number of halogens is 1. The molecule has 1 aromatic carbocycles. The van der Waals surface area contributed by atoms with Gasteiger partial charge in [-0.1, -0.05) is 17.7 Å². The summed E-state index contributed by atoms with van der Waals surface area (Å²) in [7, 11) is 0. The Balaban J connectivity index is 2.05. The second-order valence-electron chi connectivity index (χ2n) is 3.68. The fourth-order valence-electron chi connectivity index (χ4n) is 1.38. The van der Waals surface area contributed by atoms with Gasteiger partial charge in [0, 0.05) is 15.6 Å². The third-order valence-electron chi connectivity index (χ3n) is 2.47. The Labute approximate surface area is 104 Å². The molecule has 1 N–H and O–H groups in total. The normalized spacial score (nSPS) is 10.4.